The van der Waals surface area contributed by atoms with Gasteiger partial charge in [-0.05, 0) is 42.6 Å². The number of nitrogens with one attached hydrogen (secondary N) is 1. The molecule has 0 unspecified atom stereocenters. The van der Waals surface area contributed by atoms with E-state index in [1.807, 2.05) is 0 Å². The van der Waals surface area contributed by atoms with E-state index in [4.69, 9.17) is 10.5 Å². The van der Waals surface area contributed by atoms with Crippen LogP contribution in [0.2, 0.25) is 0 Å². The fraction of sp³-hybridized carbons (Fsp3) is 0.769. The summed E-state index contributed by atoms with van der Waals surface area (Å²) in [7, 11) is 0. The van der Waals surface area contributed by atoms with Crippen molar-refractivity contribution in [1.82, 2.24) is 4.37 Å². The molecule has 0 atom stereocenters. The number of ether oxygens (including phenoxy) is 1. The van der Waals surface area contributed by atoms with Crippen LogP contribution >= 0.6 is 11.5 Å². The highest BCUT2D eigenvalue weighted by molar-refractivity contribution is 7.10. The molecule has 4 nitrogen and oxygen atoms in total. The molecule has 2 rings (SSSR count). The SMILES string of the molecule is CC(C)CCOCCNc1snc(N)c1C1CC1. The van der Waals surface area contributed by atoms with Crippen LogP contribution < -0.4 is 11.1 Å². The summed E-state index contributed by atoms with van der Waals surface area (Å²) in [6, 6.07) is 0. The molecule has 0 spiro atoms. The average molecular weight is 269 g/mol. The fourth-order valence-electron chi connectivity index (χ4n) is 1.86. The van der Waals surface area contributed by atoms with Crippen LogP contribution in [0.4, 0.5) is 10.8 Å². The molecule has 0 bridgehead atoms. The summed E-state index contributed by atoms with van der Waals surface area (Å²) >= 11 is 1.47. The number of nitrogen functional groups attached to an aromatic ring is 1. The predicted molar refractivity (Wildman–Crippen MR) is 77.3 cm³/mol. The molecule has 0 aliphatic heterocycles. The van der Waals surface area contributed by atoms with Crippen LogP contribution in [0.25, 0.3) is 0 Å². The minimum atomic E-state index is 0.646. The average Bonchev–Trinajstić information content (AvgIpc) is 3.08. The van der Waals surface area contributed by atoms with E-state index in [-0.39, 0.29) is 0 Å². The molecule has 1 fully saturated rings. The van der Waals surface area contributed by atoms with Crippen molar-refractivity contribution in [2.24, 2.45) is 5.92 Å². The maximum absolute atomic E-state index is 5.90. The van der Waals surface area contributed by atoms with Gasteiger partial charge in [-0.25, -0.2) is 0 Å². The summed E-state index contributed by atoms with van der Waals surface area (Å²) < 4.78 is 9.81. The number of rotatable bonds is 8. The summed E-state index contributed by atoms with van der Waals surface area (Å²) in [4.78, 5) is 0. The monoisotopic (exact) mass is 269 g/mol. The van der Waals surface area contributed by atoms with Crippen LogP contribution in [-0.4, -0.2) is 24.1 Å². The number of hydrogen-bond donors (Lipinski definition) is 2. The van der Waals surface area contributed by atoms with Crippen LogP contribution in [0.3, 0.4) is 0 Å². The number of hydrogen-bond acceptors (Lipinski definition) is 5. The zero-order valence-electron chi connectivity index (χ0n) is 11.2. The quantitative estimate of drug-likeness (QED) is 0.712. The molecule has 1 aromatic rings. The van der Waals surface area contributed by atoms with Gasteiger partial charge in [0, 0.05) is 18.7 Å². The zero-order chi connectivity index (χ0) is 13.0. The van der Waals surface area contributed by atoms with Crippen molar-refractivity contribution in [2.75, 3.05) is 30.8 Å². The van der Waals surface area contributed by atoms with Gasteiger partial charge in [0.15, 0.2) is 0 Å². The lowest BCUT2D eigenvalue weighted by atomic mass is 10.1. The van der Waals surface area contributed by atoms with Crippen molar-refractivity contribution < 1.29 is 4.74 Å². The lowest BCUT2D eigenvalue weighted by Crippen LogP contribution is -2.11. The number of nitrogens with zero attached hydrogens (tertiary/aromatic N) is 1. The molecule has 5 heteroatoms. The Labute approximate surface area is 113 Å². The molecule has 1 aromatic heterocycles. The third-order valence-corrected chi connectivity index (χ3v) is 3.95. The first-order valence-corrected chi connectivity index (χ1v) is 7.52. The second-order valence-electron chi connectivity index (χ2n) is 5.31. The van der Waals surface area contributed by atoms with Gasteiger partial charge in [0.1, 0.15) is 10.8 Å². The topological polar surface area (TPSA) is 60.2 Å². The van der Waals surface area contributed by atoms with Gasteiger partial charge in [-0.1, -0.05) is 13.8 Å². The summed E-state index contributed by atoms with van der Waals surface area (Å²) in [6.45, 7) is 6.85. The van der Waals surface area contributed by atoms with Crippen molar-refractivity contribution in [3.63, 3.8) is 0 Å². The van der Waals surface area contributed by atoms with Gasteiger partial charge in [0.2, 0.25) is 0 Å². The highest BCUT2D eigenvalue weighted by Crippen LogP contribution is 2.47. The minimum absolute atomic E-state index is 0.646. The Bertz CT molecular complexity index is 374. The van der Waals surface area contributed by atoms with E-state index in [9.17, 15) is 0 Å². The van der Waals surface area contributed by atoms with E-state index in [0.29, 0.717) is 17.7 Å². The van der Waals surface area contributed by atoms with Gasteiger partial charge < -0.3 is 15.8 Å². The summed E-state index contributed by atoms with van der Waals surface area (Å²) in [6.07, 6.45) is 3.63. The highest BCUT2D eigenvalue weighted by Gasteiger charge is 2.30. The van der Waals surface area contributed by atoms with Crippen LogP contribution in [0.5, 0.6) is 0 Å². The van der Waals surface area contributed by atoms with Crippen LogP contribution in [-0.2, 0) is 4.74 Å². The molecule has 102 valence electrons. The molecule has 0 aromatic carbocycles. The minimum Gasteiger partial charge on any atom is -0.383 e. The Morgan fingerprint density at radius 3 is 2.89 bits per heavy atom. The zero-order valence-corrected chi connectivity index (χ0v) is 12.1. The number of anilines is 2. The lowest BCUT2D eigenvalue weighted by molar-refractivity contribution is 0.133. The predicted octanol–water partition coefficient (Wildman–Crippen LogP) is 3.08. The van der Waals surface area contributed by atoms with Crippen molar-refractivity contribution in [3.05, 3.63) is 5.56 Å². The molecule has 1 heterocycles. The van der Waals surface area contributed by atoms with Gasteiger partial charge >= 0.3 is 0 Å². The Morgan fingerprint density at radius 2 is 2.22 bits per heavy atom. The van der Waals surface area contributed by atoms with E-state index in [1.54, 1.807) is 0 Å². The third kappa shape index (κ3) is 3.85. The van der Waals surface area contributed by atoms with E-state index in [2.05, 4.69) is 23.5 Å². The molecule has 0 saturated heterocycles. The maximum Gasteiger partial charge on any atom is 0.142 e. The van der Waals surface area contributed by atoms with E-state index < -0.39 is 0 Å². The van der Waals surface area contributed by atoms with Crippen molar-refractivity contribution in [2.45, 2.75) is 39.0 Å². The van der Waals surface area contributed by atoms with Crippen molar-refractivity contribution >= 4 is 22.4 Å². The Morgan fingerprint density at radius 1 is 1.44 bits per heavy atom. The Hall–Kier alpha value is -0.810. The molecule has 1 aliphatic rings. The summed E-state index contributed by atoms with van der Waals surface area (Å²) in [5, 5.41) is 4.54. The second kappa shape index (κ2) is 6.38. The smallest absolute Gasteiger partial charge is 0.142 e. The molecule has 0 radical (unpaired) electrons. The van der Waals surface area contributed by atoms with Crippen molar-refractivity contribution in [1.29, 1.82) is 0 Å². The van der Waals surface area contributed by atoms with E-state index in [0.717, 1.165) is 31.2 Å². The highest BCUT2D eigenvalue weighted by atomic mass is 32.1. The Kier molecular flexibility index (Phi) is 4.83. The van der Waals surface area contributed by atoms with Gasteiger partial charge in [0.05, 0.1) is 6.61 Å². The standard InChI is InChI=1S/C13H23N3OS/c1-9(2)5-7-17-8-6-15-13-11(10-3-4-10)12(14)16-18-13/h9-10,15H,3-8H2,1-2H3,(H2,14,16). The number of aromatic nitrogens is 1. The molecule has 0 amide bonds. The Balaban J connectivity index is 1.67. The van der Waals surface area contributed by atoms with Crippen molar-refractivity contribution in [3.8, 4) is 0 Å². The molecular weight excluding hydrogens is 246 g/mol. The van der Waals surface area contributed by atoms with Gasteiger partial charge in [-0.15, -0.1) is 0 Å². The molecule has 18 heavy (non-hydrogen) atoms. The fourth-order valence-corrected chi connectivity index (χ4v) is 2.69. The lowest BCUT2D eigenvalue weighted by Gasteiger charge is -2.08. The van der Waals surface area contributed by atoms with Gasteiger partial charge in [-0.3, -0.25) is 0 Å². The van der Waals surface area contributed by atoms with Crippen LogP contribution in [0, 0.1) is 5.92 Å². The molecule has 1 saturated carbocycles. The molecule has 3 N–H and O–H groups in total. The molecule has 1 aliphatic carbocycles. The first kappa shape index (κ1) is 13.6. The van der Waals surface area contributed by atoms with Gasteiger partial charge in [-0.2, -0.15) is 4.37 Å². The number of nitrogens with two attached hydrogens (primary N) is 1. The van der Waals surface area contributed by atoms with E-state index >= 15 is 0 Å². The second-order valence-corrected chi connectivity index (χ2v) is 6.08. The first-order chi connectivity index (χ1) is 8.68. The van der Waals surface area contributed by atoms with Gasteiger partial charge in [0.25, 0.3) is 0 Å². The van der Waals surface area contributed by atoms with Crippen LogP contribution in [0.1, 0.15) is 44.6 Å². The first-order valence-electron chi connectivity index (χ1n) is 6.75. The normalized spacial score (nSPS) is 15.3. The maximum atomic E-state index is 5.90. The summed E-state index contributed by atoms with van der Waals surface area (Å²) in [5.74, 6) is 2.07. The summed E-state index contributed by atoms with van der Waals surface area (Å²) in [5.41, 5.74) is 7.13. The van der Waals surface area contributed by atoms with Crippen LogP contribution in [0.15, 0.2) is 0 Å². The third-order valence-electron chi connectivity index (χ3n) is 3.11. The largest absolute Gasteiger partial charge is 0.383 e. The van der Waals surface area contributed by atoms with E-state index in [1.165, 1.54) is 29.9 Å². The molecular formula is C13H23N3OS.